The second-order valence-electron chi connectivity index (χ2n) is 5.57. The number of nitrogens with one attached hydrogen (secondary N) is 2. The Balaban J connectivity index is 2.22. The summed E-state index contributed by atoms with van der Waals surface area (Å²) in [5.41, 5.74) is 8.08. The van der Waals surface area contributed by atoms with Crippen molar-refractivity contribution in [2.75, 3.05) is 13.1 Å². The van der Waals surface area contributed by atoms with Crippen LogP contribution >= 0.6 is 0 Å². The van der Waals surface area contributed by atoms with Crippen LogP contribution in [0.25, 0.3) is 0 Å². The lowest BCUT2D eigenvalue weighted by Gasteiger charge is -2.15. The number of rotatable bonds is 7. The van der Waals surface area contributed by atoms with Crippen molar-refractivity contribution >= 4 is 11.8 Å². The minimum absolute atomic E-state index is 0.0346. The maximum absolute atomic E-state index is 11.6. The zero-order chi connectivity index (χ0) is 15.8. The third kappa shape index (κ3) is 6.40. The quantitative estimate of drug-likeness (QED) is 0.693. The molecule has 0 radical (unpaired) electrons. The molecule has 0 saturated carbocycles. The van der Waals surface area contributed by atoms with Gasteiger partial charge in [0.15, 0.2) is 0 Å². The molecule has 0 heterocycles. The molecule has 5 nitrogen and oxygen atoms in total. The van der Waals surface area contributed by atoms with E-state index in [1.165, 1.54) is 11.1 Å². The second-order valence-corrected chi connectivity index (χ2v) is 5.57. The van der Waals surface area contributed by atoms with E-state index in [0.717, 1.165) is 6.42 Å². The first-order valence-electron chi connectivity index (χ1n) is 7.25. The Morgan fingerprint density at radius 3 is 2.33 bits per heavy atom. The van der Waals surface area contributed by atoms with E-state index < -0.39 is 6.04 Å². The maximum atomic E-state index is 11.6. The Morgan fingerprint density at radius 2 is 1.76 bits per heavy atom. The standard InChI is InChI=1S/C16H25N3O2/c1-11(2)15(17)16(21)19-10-14(20)18-9-8-13-6-4-12(3)5-7-13/h4-7,11,15H,8-10,17H2,1-3H3,(H,18,20)(H,19,21)/t15-/m0/s1. The third-order valence-electron chi connectivity index (χ3n) is 3.30. The molecule has 1 atom stereocenters. The number of carbonyl (C=O) groups excluding carboxylic acids is 2. The van der Waals surface area contributed by atoms with Crippen LogP contribution in [-0.4, -0.2) is 30.9 Å². The van der Waals surface area contributed by atoms with Crippen LogP contribution in [0.5, 0.6) is 0 Å². The molecule has 0 aliphatic heterocycles. The first kappa shape index (κ1) is 17.2. The van der Waals surface area contributed by atoms with Gasteiger partial charge in [-0.15, -0.1) is 0 Å². The Morgan fingerprint density at radius 1 is 1.14 bits per heavy atom. The van der Waals surface area contributed by atoms with Crippen molar-refractivity contribution in [1.82, 2.24) is 10.6 Å². The highest BCUT2D eigenvalue weighted by Crippen LogP contribution is 2.03. The molecule has 1 aromatic rings. The van der Waals surface area contributed by atoms with Crippen LogP contribution in [0.15, 0.2) is 24.3 Å². The van der Waals surface area contributed by atoms with Crippen LogP contribution in [0.3, 0.4) is 0 Å². The smallest absolute Gasteiger partial charge is 0.239 e. The van der Waals surface area contributed by atoms with Crippen LogP contribution < -0.4 is 16.4 Å². The zero-order valence-corrected chi connectivity index (χ0v) is 13.0. The highest BCUT2D eigenvalue weighted by atomic mass is 16.2. The van der Waals surface area contributed by atoms with Crippen LogP contribution in [0, 0.1) is 12.8 Å². The van der Waals surface area contributed by atoms with E-state index >= 15 is 0 Å². The van der Waals surface area contributed by atoms with E-state index in [2.05, 4.69) is 10.6 Å². The molecule has 4 N–H and O–H groups in total. The van der Waals surface area contributed by atoms with Gasteiger partial charge in [0, 0.05) is 6.54 Å². The van der Waals surface area contributed by atoms with Crippen molar-refractivity contribution < 1.29 is 9.59 Å². The number of carbonyl (C=O) groups is 2. The summed E-state index contributed by atoms with van der Waals surface area (Å²) in [6.07, 6.45) is 0.769. The molecule has 0 spiro atoms. The van der Waals surface area contributed by atoms with Gasteiger partial charge in [0.05, 0.1) is 12.6 Å². The summed E-state index contributed by atoms with van der Waals surface area (Å²) in [4.78, 5) is 23.2. The molecular formula is C16H25N3O2. The van der Waals surface area contributed by atoms with Crippen molar-refractivity contribution in [2.24, 2.45) is 11.7 Å². The van der Waals surface area contributed by atoms with Gasteiger partial charge in [-0.3, -0.25) is 9.59 Å². The number of amides is 2. The van der Waals surface area contributed by atoms with Crippen molar-refractivity contribution in [2.45, 2.75) is 33.2 Å². The third-order valence-corrected chi connectivity index (χ3v) is 3.30. The van der Waals surface area contributed by atoms with Gasteiger partial charge in [-0.2, -0.15) is 0 Å². The lowest BCUT2D eigenvalue weighted by atomic mass is 10.1. The number of hydrogen-bond acceptors (Lipinski definition) is 3. The molecule has 5 heteroatoms. The van der Waals surface area contributed by atoms with Crippen LogP contribution in [0.2, 0.25) is 0 Å². The maximum Gasteiger partial charge on any atom is 0.239 e. The Bertz CT molecular complexity index is 469. The number of nitrogens with two attached hydrogens (primary N) is 1. The van der Waals surface area contributed by atoms with Crippen LogP contribution in [0.4, 0.5) is 0 Å². The van der Waals surface area contributed by atoms with Crippen molar-refractivity contribution in [3.05, 3.63) is 35.4 Å². The highest BCUT2D eigenvalue weighted by Gasteiger charge is 2.17. The first-order chi connectivity index (χ1) is 9.90. The largest absolute Gasteiger partial charge is 0.354 e. The second kappa shape index (κ2) is 8.42. The Hall–Kier alpha value is -1.88. The molecule has 1 aromatic carbocycles. The fourth-order valence-electron chi connectivity index (χ4n) is 1.75. The van der Waals surface area contributed by atoms with Crippen LogP contribution in [0.1, 0.15) is 25.0 Å². The van der Waals surface area contributed by atoms with Gasteiger partial charge >= 0.3 is 0 Å². The number of hydrogen-bond donors (Lipinski definition) is 3. The molecule has 0 aliphatic carbocycles. The number of benzene rings is 1. The molecule has 0 bridgehead atoms. The summed E-state index contributed by atoms with van der Waals surface area (Å²) in [5, 5.41) is 5.32. The van der Waals surface area contributed by atoms with Crippen molar-refractivity contribution in [3.8, 4) is 0 Å². The van der Waals surface area contributed by atoms with Gasteiger partial charge in [0.2, 0.25) is 11.8 Å². The summed E-state index contributed by atoms with van der Waals surface area (Å²) < 4.78 is 0. The molecule has 0 saturated heterocycles. The summed E-state index contributed by atoms with van der Waals surface area (Å²) in [5.74, 6) is -0.445. The molecular weight excluding hydrogens is 266 g/mol. The molecule has 1 rings (SSSR count). The molecule has 2 amide bonds. The van der Waals surface area contributed by atoms with Gasteiger partial charge in [-0.25, -0.2) is 0 Å². The fraction of sp³-hybridized carbons (Fsp3) is 0.500. The lowest BCUT2D eigenvalue weighted by Crippen LogP contribution is -2.47. The Kier molecular flexibility index (Phi) is 6.88. The monoisotopic (exact) mass is 291 g/mol. The lowest BCUT2D eigenvalue weighted by molar-refractivity contribution is -0.127. The number of aryl methyl sites for hydroxylation is 1. The minimum Gasteiger partial charge on any atom is -0.354 e. The summed E-state index contributed by atoms with van der Waals surface area (Å²) in [7, 11) is 0. The van der Waals surface area contributed by atoms with E-state index in [1.807, 2.05) is 45.0 Å². The van der Waals surface area contributed by atoms with Gasteiger partial charge in [0.25, 0.3) is 0 Å². The normalized spacial score (nSPS) is 12.0. The molecule has 21 heavy (non-hydrogen) atoms. The highest BCUT2D eigenvalue weighted by molar-refractivity contribution is 5.87. The van der Waals surface area contributed by atoms with Gasteiger partial charge in [0.1, 0.15) is 0 Å². The average molecular weight is 291 g/mol. The van der Waals surface area contributed by atoms with Crippen molar-refractivity contribution in [1.29, 1.82) is 0 Å². The zero-order valence-electron chi connectivity index (χ0n) is 13.0. The summed E-state index contributed by atoms with van der Waals surface area (Å²) in [6, 6.07) is 7.61. The molecule has 0 aliphatic rings. The molecule has 116 valence electrons. The Labute approximate surface area is 126 Å². The van der Waals surface area contributed by atoms with Gasteiger partial charge in [-0.05, 0) is 24.8 Å². The van der Waals surface area contributed by atoms with Gasteiger partial charge in [-0.1, -0.05) is 43.7 Å². The summed E-state index contributed by atoms with van der Waals surface area (Å²) in [6.45, 7) is 6.29. The fourth-order valence-corrected chi connectivity index (χ4v) is 1.75. The van der Waals surface area contributed by atoms with Crippen molar-refractivity contribution in [3.63, 3.8) is 0 Å². The SMILES string of the molecule is Cc1ccc(CCNC(=O)CNC(=O)[C@@H](N)C(C)C)cc1. The van der Waals surface area contributed by atoms with E-state index in [9.17, 15) is 9.59 Å². The molecule has 0 unspecified atom stereocenters. The molecule has 0 aromatic heterocycles. The predicted octanol–water partition coefficient (Wildman–Crippen LogP) is 0.753. The summed E-state index contributed by atoms with van der Waals surface area (Å²) >= 11 is 0. The van der Waals surface area contributed by atoms with Crippen LogP contribution in [-0.2, 0) is 16.0 Å². The average Bonchev–Trinajstić information content (AvgIpc) is 2.46. The van der Waals surface area contributed by atoms with E-state index in [0.29, 0.717) is 6.54 Å². The topological polar surface area (TPSA) is 84.2 Å². The van der Waals surface area contributed by atoms with E-state index in [-0.39, 0.29) is 24.3 Å². The first-order valence-corrected chi connectivity index (χ1v) is 7.25. The minimum atomic E-state index is -0.578. The van der Waals surface area contributed by atoms with Gasteiger partial charge < -0.3 is 16.4 Å². The molecule has 0 fully saturated rings. The predicted molar refractivity (Wildman–Crippen MR) is 83.7 cm³/mol. The van der Waals surface area contributed by atoms with E-state index in [4.69, 9.17) is 5.73 Å². The van der Waals surface area contributed by atoms with E-state index in [1.54, 1.807) is 0 Å².